The summed E-state index contributed by atoms with van der Waals surface area (Å²) in [6, 6.07) is 0. The average Bonchev–Trinajstić information content (AvgIpc) is 2.86. The first kappa shape index (κ1) is 11.7. The van der Waals surface area contributed by atoms with E-state index in [2.05, 4.69) is 5.32 Å². The predicted octanol–water partition coefficient (Wildman–Crippen LogP) is 2.53. The fraction of sp³-hybridized carbons (Fsp3) is 0.667. The molecule has 1 aliphatic heterocycles. The Balaban J connectivity index is 1.94. The molecular formula is C12H17N3S2. The Hall–Kier alpha value is -0.420. The number of thioether (sulfide) groups is 2. The lowest BCUT2D eigenvalue weighted by atomic mass is 10.2. The fourth-order valence-electron chi connectivity index (χ4n) is 2.44. The summed E-state index contributed by atoms with van der Waals surface area (Å²) in [5.41, 5.74) is 2.64. The maximum absolute atomic E-state index is 4.80. The highest BCUT2D eigenvalue weighted by Crippen LogP contribution is 2.37. The molecule has 1 fully saturated rings. The second kappa shape index (κ2) is 5.06. The van der Waals surface area contributed by atoms with Gasteiger partial charge in [0.1, 0.15) is 11.6 Å². The first-order valence-corrected chi connectivity index (χ1v) is 8.35. The van der Waals surface area contributed by atoms with Crippen LogP contribution in [0.4, 0.5) is 5.82 Å². The van der Waals surface area contributed by atoms with Crippen molar-refractivity contribution in [2.24, 2.45) is 0 Å². The van der Waals surface area contributed by atoms with Crippen molar-refractivity contribution in [3.05, 3.63) is 17.1 Å². The van der Waals surface area contributed by atoms with E-state index in [4.69, 9.17) is 9.97 Å². The van der Waals surface area contributed by atoms with Gasteiger partial charge in [-0.05, 0) is 19.3 Å². The summed E-state index contributed by atoms with van der Waals surface area (Å²) in [6.07, 6.45) is 3.50. The average molecular weight is 267 g/mol. The van der Waals surface area contributed by atoms with Gasteiger partial charge in [-0.25, -0.2) is 9.97 Å². The number of nitrogens with one attached hydrogen (secondary N) is 1. The summed E-state index contributed by atoms with van der Waals surface area (Å²) in [6.45, 7) is 0. The van der Waals surface area contributed by atoms with Crippen molar-refractivity contribution >= 4 is 29.3 Å². The molecule has 1 atom stereocenters. The van der Waals surface area contributed by atoms with Gasteiger partial charge < -0.3 is 5.32 Å². The van der Waals surface area contributed by atoms with E-state index in [0.29, 0.717) is 5.25 Å². The minimum absolute atomic E-state index is 0.492. The van der Waals surface area contributed by atoms with Gasteiger partial charge in [-0.3, -0.25) is 0 Å². The Morgan fingerprint density at radius 2 is 2.18 bits per heavy atom. The second-order valence-electron chi connectivity index (χ2n) is 4.39. The number of fused-ring (bicyclic) bond motifs is 1. The van der Waals surface area contributed by atoms with Crippen LogP contribution in [0.25, 0.3) is 0 Å². The van der Waals surface area contributed by atoms with Crippen LogP contribution in [0.2, 0.25) is 0 Å². The quantitative estimate of drug-likeness (QED) is 0.891. The Bertz CT molecular complexity index is 416. The number of hydrogen-bond donors (Lipinski definition) is 1. The van der Waals surface area contributed by atoms with Crippen LogP contribution in [-0.4, -0.2) is 34.3 Å². The monoisotopic (exact) mass is 267 g/mol. The van der Waals surface area contributed by atoms with Crippen molar-refractivity contribution in [1.82, 2.24) is 9.97 Å². The van der Waals surface area contributed by atoms with Crippen LogP contribution >= 0.6 is 23.5 Å². The van der Waals surface area contributed by atoms with Crippen LogP contribution in [0.1, 0.15) is 28.8 Å². The molecule has 0 aromatic carbocycles. The third kappa shape index (κ3) is 2.27. The largest absolute Gasteiger partial charge is 0.373 e. The lowest BCUT2D eigenvalue weighted by molar-refractivity contribution is 0.872. The lowest BCUT2D eigenvalue weighted by Crippen LogP contribution is -2.13. The maximum atomic E-state index is 4.80. The smallest absolute Gasteiger partial charge is 0.144 e. The molecule has 1 N–H and O–H groups in total. The number of aryl methyl sites for hydroxylation is 1. The van der Waals surface area contributed by atoms with Gasteiger partial charge >= 0.3 is 0 Å². The topological polar surface area (TPSA) is 37.8 Å². The van der Waals surface area contributed by atoms with Crippen LogP contribution in [0, 0.1) is 0 Å². The number of anilines is 1. The van der Waals surface area contributed by atoms with Crippen molar-refractivity contribution in [3.63, 3.8) is 0 Å². The van der Waals surface area contributed by atoms with E-state index in [0.717, 1.165) is 30.2 Å². The highest BCUT2D eigenvalue weighted by atomic mass is 32.2. The third-order valence-electron chi connectivity index (χ3n) is 3.29. The summed E-state index contributed by atoms with van der Waals surface area (Å²) in [5, 5.41) is 3.73. The number of hydrogen-bond acceptors (Lipinski definition) is 5. The van der Waals surface area contributed by atoms with Gasteiger partial charge in [0.2, 0.25) is 0 Å². The van der Waals surface area contributed by atoms with Crippen LogP contribution < -0.4 is 5.32 Å². The molecule has 0 saturated carbocycles. The van der Waals surface area contributed by atoms with E-state index in [1.807, 2.05) is 30.6 Å². The zero-order valence-electron chi connectivity index (χ0n) is 10.0. The van der Waals surface area contributed by atoms with Crippen molar-refractivity contribution < 1.29 is 0 Å². The van der Waals surface area contributed by atoms with Crippen molar-refractivity contribution in [3.8, 4) is 0 Å². The molecule has 1 aliphatic carbocycles. The normalized spacial score (nSPS) is 23.5. The SMILES string of the molecule is CNc1nc(C2CSCCS2)nc2c1CCC2. The third-order valence-corrected chi connectivity index (χ3v) is 6.04. The minimum Gasteiger partial charge on any atom is -0.373 e. The van der Waals surface area contributed by atoms with E-state index in [1.165, 1.54) is 29.2 Å². The zero-order chi connectivity index (χ0) is 11.7. The number of nitrogens with zero attached hydrogens (tertiary/aromatic N) is 2. The van der Waals surface area contributed by atoms with Crippen molar-refractivity contribution in [1.29, 1.82) is 0 Å². The second-order valence-corrected chi connectivity index (χ2v) is 6.85. The molecule has 2 heterocycles. The predicted molar refractivity (Wildman–Crippen MR) is 76.1 cm³/mol. The van der Waals surface area contributed by atoms with Crippen LogP contribution in [0.5, 0.6) is 0 Å². The molecule has 1 unspecified atom stereocenters. The summed E-state index contributed by atoms with van der Waals surface area (Å²) >= 11 is 4.03. The van der Waals surface area contributed by atoms with Gasteiger partial charge in [0.25, 0.3) is 0 Å². The Morgan fingerprint density at radius 3 is 2.94 bits per heavy atom. The zero-order valence-corrected chi connectivity index (χ0v) is 11.7. The van der Waals surface area contributed by atoms with Gasteiger partial charge in [0.05, 0.1) is 5.25 Å². The molecular weight excluding hydrogens is 250 g/mol. The van der Waals surface area contributed by atoms with Gasteiger partial charge in [-0.1, -0.05) is 0 Å². The molecule has 5 heteroatoms. The first-order chi connectivity index (χ1) is 8.38. The van der Waals surface area contributed by atoms with E-state index in [9.17, 15) is 0 Å². The van der Waals surface area contributed by atoms with Crippen molar-refractivity contribution in [2.75, 3.05) is 29.6 Å². The highest BCUT2D eigenvalue weighted by Gasteiger charge is 2.24. The Labute approximate surface area is 111 Å². The molecule has 1 saturated heterocycles. The summed E-state index contributed by atoms with van der Waals surface area (Å²) in [5.74, 6) is 5.77. The molecule has 1 aromatic heterocycles. The molecule has 17 heavy (non-hydrogen) atoms. The highest BCUT2D eigenvalue weighted by molar-refractivity contribution is 8.06. The summed E-state index contributed by atoms with van der Waals surface area (Å²) in [4.78, 5) is 9.53. The van der Waals surface area contributed by atoms with Crippen LogP contribution in [0.3, 0.4) is 0 Å². The van der Waals surface area contributed by atoms with Gasteiger partial charge in [0, 0.05) is 35.6 Å². The van der Waals surface area contributed by atoms with E-state index >= 15 is 0 Å². The van der Waals surface area contributed by atoms with E-state index in [-0.39, 0.29) is 0 Å². The van der Waals surface area contributed by atoms with E-state index < -0.39 is 0 Å². The minimum atomic E-state index is 0.492. The molecule has 0 bridgehead atoms. The summed E-state index contributed by atoms with van der Waals surface area (Å²) in [7, 11) is 1.97. The number of aromatic nitrogens is 2. The Morgan fingerprint density at radius 1 is 1.24 bits per heavy atom. The Kier molecular flexibility index (Phi) is 3.47. The standard InChI is InChI=1S/C12H17N3S2/c1-13-11-8-3-2-4-9(8)14-12(15-11)10-7-16-5-6-17-10/h10H,2-7H2,1H3,(H,13,14,15). The van der Waals surface area contributed by atoms with Crippen LogP contribution in [0.15, 0.2) is 0 Å². The van der Waals surface area contributed by atoms with Gasteiger partial charge in [-0.2, -0.15) is 11.8 Å². The van der Waals surface area contributed by atoms with Crippen LogP contribution in [-0.2, 0) is 12.8 Å². The van der Waals surface area contributed by atoms with Crippen molar-refractivity contribution in [2.45, 2.75) is 24.5 Å². The lowest BCUT2D eigenvalue weighted by Gasteiger charge is -2.21. The van der Waals surface area contributed by atoms with E-state index in [1.54, 1.807) is 0 Å². The first-order valence-electron chi connectivity index (χ1n) is 6.15. The molecule has 3 rings (SSSR count). The molecule has 0 amide bonds. The fourth-order valence-corrected chi connectivity index (χ4v) is 5.04. The molecule has 1 aromatic rings. The maximum Gasteiger partial charge on any atom is 0.144 e. The molecule has 2 aliphatic rings. The van der Waals surface area contributed by atoms with Gasteiger partial charge in [-0.15, -0.1) is 11.8 Å². The molecule has 0 spiro atoms. The van der Waals surface area contributed by atoms with Gasteiger partial charge in [0.15, 0.2) is 0 Å². The number of rotatable bonds is 2. The molecule has 92 valence electrons. The molecule has 0 radical (unpaired) electrons. The summed E-state index contributed by atoms with van der Waals surface area (Å²) < 4.78 is 0. The molecule has 3 nitrogen and oxygen atoms in total.